The molecule has 4 heteroatoms. The fourth-order valence-electron chi connectivity index (χ4n) is 2.86. The molecule has 2 aromatic rings. The first-order valence-corrected chi connectivity index (χ1v) is 7.63. The first kappa shape index (κ1) is 14.9. The summed E-state index contributed by atoms with van der Waals surface area (Å²) in [5.41, 5.74) is 3.36. The van der Waals surface area contributed by atoms with E-state index in [0.29, 0.717) is 0 Å². The molecule has 1 heterocycles. The van der Waals surface area contributed by atoms with E-state index in [1.165, 1.54) is 5.56 Å². The van der Waals surface area contributed by atoms with Gasteiger partial charge in [0.25, 0.3) is 0 Å². The molecule has 0 aliphatic carbocycles. The van der Waals surface area contributed by atoms with Gasteiger partial charge in [-0.15, -0.1) is 0 Å². The van der Waals surface area contributed by atoms with Crippen molar-refractivity contribution in [1.29, 1.82) is 0 Å². The summed E-state index contributed by atoms with van der Waals surface area (Å²) < 4.78 is 5.57. The molecule has 1 aliphatic rings. The van der Waals surface area contributed by atoms with Gasteiger partial charge in [0, 0.05) is 31.1 Å². The average molecular weight is 315 g/mol. The molecule has 1 aliphatic heterocycles. The van der Waals surface area contributed by atoms with E-state index in [4.69, 9.17) is 21.3 Å². The third-order valence-electron chi connectivity index (χ3n) is 3.99. The summed E-state index contributed by atoms with van der Waals surface area (Å²) in [6, 6.07) is 13.9. The van der Waals surface area contributed by atoms with Crippen molar-refractivity contribution in [2.75, 3.05) is 21.2 Å². The molecule has 3 nitrogen and oxygen atoms in total. The average Bonchev–Trinajstić information content (AvgIpc) is 2.53. The smallest absolute Gasteiger partial charge is 0.124 e. The van der Waals surface area contributed by atoms with E-state index in [0.717, 1.165) is 34.2 Å². The van der Waals surface area contributed by atoms with E-state index in [9.17, 15) is 0 Å². The van der Waals surface area contributed by atoms with Gasteiger partial charge in [0.2, 0.25) is 0 Å². The van der Waals surface area contributed by atoms with E-state index in [2.05, 4.69) is 11.0 Å². The Hall–Kier alpha value is -2.00. The summed E-state index contributed by atoms with van der Waals surface area (Å²) in [6.45, 7) is 0. The molecule has 0 bridgehead atoms. The number of aliphatic imine (C=N–C) groups is 1. The van der Waals surface area contributed by atoms with Gasteiger partial charge in [0.1, 0.15) is 17.6 Å². The van der Waals surface area contributed by atoms with Gasteiger partial charge in [-0.05, 0) is 23.3 Å². The van der Waals surface area contributed by atoms with Crippen LogP contribution in [0.5, 0.6) is 5.75 Å². The largest absolute Gasteiger partial charge is 0.496 e. The summed E-state index contributed by atoms with van der Waals surface area (Å²) >= 11 is 6.42. The standard InChI is InChI=1S/C18H19ClN2O/c1-21(2)16-11-12-7-6-10-15(22-3)17(12)18(20-16)13-8-4-5-9-14(13)19/h4-10,18H,11H2,1-3H3. The lowest BCUT2D eigenvalue weighted by molar-refractivity contribution is 0.406. The Morgan fingerprint density at radius 1 is 1.14 bits per heavy atom. The predicted molar refractivity (Wildman–Crippen MR) is 91.1 cm³/mol. The summed E-state index contributed by atoms with van der Waals surface area (Å²) in [4.78, 5) is 7.00. The van der Waals surface area contributed by atoms with Crippen LogP contribution in [0.4, 0.5) is 0 Å². The highest BCUT2D eigenvalue weighted by atomic mass is 35.5. The van der Waals surface area contributed by atoms with Crippen molar-refractivity contribution in [1.82, 2.24) is 4.90 Å². The number of methoxy groups -OCH3 is 1. The molecule has 0 saturated carbocycles. The number of ether oxygens (including phenoxy) is 1. The number of likely N-dealkylation sites (N-methyl/N-ethyl adjacent to an activating group) is 1. The maximum absolute atomic E-state index is 6.42. The Balaban J connectivity index is 2.21. The van der Waals surface area contributed by atoms with Crippen molar-refractivity contribution in [2.45, 2.75) is 12.5 Å². The highest BCUT2D eigenvalue weighted by Crippen LogP contribution is 2.41. The molecule has 0 amide bonds. The molecule has 1 atom stereocenters. The Labute approximate surface area is 136 Å². The minimum absolute atomic E-state index is 0.133. The Morgan fingerprint density at radius 2 is 1.91 bits per heavy atom. The monoisotopic (exact) mass is 314 g/mol. The topological polar surface area (TPSA) is 24.8 Å². The predicted octanol–water partition coefficient (Wildman–Crippen LogP) is 3.95. The second-order valence-electron chi connectivity index (χ2n) is 5.57. The van der Waals surface area contributed by atoms with Crippen LogP contribution in [0.1, 0.15) is 22.7 Å². The maximum Gasteiger partial charge on any atom is 0.124 e. The van der Waals surface area contributed by atoms with Gasteiger partial charge in [0.05, 0.1) is 7.11 Å². The molecule has 22 heavy (non-hydrogen) atoms. The van der Waals surface area contributed by atoms with E-state index >= 15 is 0 Å². The Kier molecular flexibility index (Phi) is 4.08. The lowest BCUT2D eigenvalue weighted by Gasteiger charge is -2.29. The summed E-state index contributed by atoms with van der Waals surface area (Å²) in [5.74, 6) is 1.91. The number of nitrogens with zero attached hydrogens (tertiary/aromatic N) is 2. The Morgan fingerprint density at radius 3 is 2.59 bits per heavy atom. The molecule has 0 N–H and O–H groups in total. The lowest BCUT2D eigenvalue weighted by atomic mass is 9.89. The molecule has 0 fully saturated rings. The number of hydrogen-bond acceptors (Lipinski definition) is 3. The minimum Gasteiger partial charge on any atom is -0.496 e. The lowest BCUT2D eigenvalue weighted by Crippen LogP contribution is -2.29. The van der Waals surface area contributed by atoms with Gasteiger partial charge in [-0.25, -0.2) is 0 Å². The van der Waals surface area contributed by atoms with Crippen molar-refractivity contribution >= 4 is 17.4 Å². The number of amidine groups is 1. The molecular formula is C18H19ClN2O. The maximum atomic E-state index is 6.42. The molecule has 2 aromatic carbocycles. The van der Waals surface area contributed by atoms with Crippen LogP contribution in [-0.2, 0) is 6.42 Å². The molecule has 114 valence electrons. The van der Waals surface area contributed by atoms with Gasteiger partial charge in [-0.2, -0.15) is 0 Å². The number of fused-ring (bicyclic) bond motifs is 1. The molecule has 3 rings (SSSR count). The van der Waals surface area contributed by atoms with Gasteiger partial charge in [-0.1, -0.05) is 41.9 Å². The number of halogens is 1. The zero-order valence-corrected chi connectivity index (χ0v) is 13.8. The van der Waals surface area contributed by atoms with E-state index < -0.39 is 0 Å². The van der Waals surface area contributed by atoms with Crippen molar-refractivity contribution in [2.24, 2.45) is 4.99 Å². The number of rotatable bonds is 2. The van der Waals surface area contributed by atoms with Crippen LogP contribution >= 0.6 is 11.6 Å². The minimum atomic E-state index is -0.133. The molecule has 1 unspecified atom stereocenters. The third kappa shape index (κ3) is 2.57. The van der Waals surface area contributed by atoms with Crippen LogP contribution in [0.3, 0.4) is 0 Å². The summed E-state index contributed by atoms with van der Waals surface area (Å²) in [7, 11) is 5.74. The highest BCUT2D eigenvalue weighted by molar-refractivity contribution is 6.31. The van der Waals surface area contributed by atoms with Gasteiger partial charge >= 0.3 is 0 Å². The van der Waals surface area contributed by atoms with Crippen molar-refractivity contribution in [3.05, 3.63) is 64.2 Å². The van der Waals surface area contributed by atoms with Gasteiger partial charge in [-0.3, -0.25) is 4.99 Å². The third-order valence-corrected chi connectivity index (χ3v) is 4.34. The SMILES string of the molecule is COc1cccc2c1C(c1ccccc1Cl)N=C(N(C)C)C2. The molecule has 0 spiro atoms. The van der Waals surface area contributed by atoms with E-state index in [1.807, 2.05) is 50.5 Å². The summed E-state index contributed by atoms with van der Waals surface area (Å²) in [5, 5.41) is 0.730. The van der Waals surface area contributed by atoms with Crippen LogP contribution in [0.15, 0.2) is 47.5 Å². The van der Waals surface area contributed by atoms with Crippen LogP contribution in [-0.4, -0.2) is 31.9 Å². The normalized spacial score (nSPS) is 16.7. The van der Waals surface area contributed by atoms with Crippen LogP contribution in [0.2, 0.25) is 5.02 Å². The van der Waals surface area contributed by atoms with Crippen LogP contribution < -0.4 is 4.74 Å². The Bertz CT molecular complexity index is 725. The highest BCUT2D eigenvalue weighted by Gasteiger charge is 2.28. The van der Waals surface area contributed by atoms with Gasteiger partial charge in [0.15, 0.2) is 0 Å². The van der Waals surface area contributed by atoms with Crippen LogP contribution in [0.25, 0.3) is 0 Å². The first-order chi connectivity index (χ1) is 10.6. The second kappa shape index (κ2) is 6.01. The molecule has 0 radical (unpaired) electrons. The van der Waals surface area contributed by atoms with Crippen molar-refractivity contribution < 1.29 is 4.74 Å². The van der Waals surface area contributed by atoms with E-state index in [1.54, 1.807) is 7.11 Å². The first-order valence-electron chi connectivity index (χ1n) is 7.26. The zero-order chi connectivity index (χ0) is 15.7. The second-order valence-corrected chi connectivity index (χ2v) is 5.98. The number of hydrogen-bond donors (Lipinski definition) is 0. The fourth-order valence-corrected chi connectivity index (χ4v) is 3.10. The summed E-state index contributed by atoms with van der Waals surface area (Å²) in [6.07, 6.45) is 0.806. The van der Waals surface area contributed by atoms with Crippen molar-refractivity contribution in [3.8, 4) is 5.75 Å². The fraction of sp³-hybridized carbons (Fsp3) is 0.278. The number of benzene rings is 2. The quantitative estimate of drug-likeness (QED) is 0.838. The molecular weight excluding hydrogens is 296 g/mol. The van der Waals surface area contributed by atoms with Gasteiger partial charge < -0.3 is 9.64 Å². The molecule has 0 saturated heterocycles. The van der Waals surface area contributed by atoms with Crippen molar-refractivity contribution in [3.63, 3.8) is 0 Å². The van der Waals surface area contributed by atoms with Crippen LogP contribution in [0, 0.1) is 0 Å². The van der Waals surface area contributed by atoms with E-state index in [-0.39, 0.29) is 6.04 Å². The molecule has 0 aromatic heterocycles. The zero-order valence-electron chi connectivity index (χ0n) is 13.0.